The highest BCUT2D eigenvalue weighted by Gasteiger charge is 2.26. The first kappa shape index (κ1) is 26.5. The molecule has 30 heavy (non-hydrogen) atoms. The zero-order valence-corrected chi connectivity index (χ0v) is 21.2. The van der Waals surface area contributed by atoms with Crippen molar-refractivity contribution >= 4 is 35.8 Å². The van der Waals surface area contributed by atoms with E-state index in [1.165, 1.54) is 0 Å². The molecule has 1 unspecified atom stereocenters. The molecule has 1 fully saturated rings. The number of rotatable bonds is 9. The summed E-state index contributed by atoms with van der Waals surface area (Å²) in [4.78, 5) is 16.7. The van der Waals surface area contributed by atoms with E-state index < -0.39 is 5.41 Å². The second kappa shape index (κ2) is 13.0. The molecule has 8 heteroatoms. The fourth-order valence-corrected chi connectivity index (χ4v) is 3.08. The van der Waals surface area contributed by atoms with Gasteiger partial charge in [0.25, 0.3) is 0 Å². The van der Waals surface area contributed by atoms with Crippen molar-refractivity contribution in [2.45, 2.75) is 40.7 Å². The first-order valence-corrected chi connectivity index (χ1v) is 10.4. The number of hydrogen-bond donors (Lipinski definition) is 3. The van der Waals surface area contributed by atoms with Gasteiger partial charge in [-0.1, -0.05) is 12.1 Å². The van der Waals surface area contributed by atoms with Crippen molar-refractivity contribution < 1.29 is 14.3 Å². The lowest BCUT2D eigenvalue weighted by atomic mass is 9.92. The van der Waals surface area contributed by atoms with Gasteiger partial charge >= 0.3 is 0 Å². The smallest absolute Gasteiger partial charge is 0.227 e. The summed E-state index contributed by atoms with van der Waals surface area (Å²) < 4.78 is 11.5. The molecule has 7 nitrogen and oxygen atoms in total. The van der Waals surface area contributed by atoms with E-state index in [0.717, 1.165) is 43.1 Å². The van der Waals surface area contributed by atoms with Crippen LogP contribution in [-0.4, -0.2) is 51.8 Å². The van der Waals surface area contributed by atoms with Crippen LogP contribution in [0.15, 0.2) is 23.2 Å². The highest BCUT2D eigenvalue weighted by atomic mass is 127. The van der Waals surface area contributed by atoms with Gasteiger partial charge < -0.3 is 25.4 Å². The van der Waals surface area contributed by atoms with E-state index in [4.69, 9.17) is 14.5 Å². The second-order valence-electron chi connectivity index (χ2n) is 8.16. The lowest BCUT2D eigenvalue weighted by Gasteiger charge is -2.24. The molecule has 0 bridgehead atoms. The Bertz CT molecular complexity index is 704. The summed E-state index contributed by atoms with van der Waals surface area (Å²) in [6.07, 6.45) is 1.05. The van der Waals surface area contributed by atoms with Gasteiger partial charge in [0.1, 0.15) is 5.75 Å². The monoisotopic (exact) mass is 532 g/mol. The largest absolute Gasteiger partial charge is 0.493 e. The molecule has 0 spiro atoms. The molecule has 1 heterocycles. The van der Waals surface area contributed by atoms with Crippen LogP contribution >= 0.6 is 24.0 Å². The summed E-state index contributed by atoms with van der Waals surface area (Å²) in [5.41, 5.74) is 1.66. The van der Waals surface area contributed by atoms with Crippen LogP contribution in [0.1, 0.15) is 38.3 Å². The first-order valence-electron chi connectivity index (χ1n) is 10.4. The Balaban J connectivity index is 0.00000450. The van der Waals surface area contributed by atoms with Crippen molar-refractivity contribution in [1.29, 1.82) is 0 Å². The van der Waals surface area contributed by atoms with Crippen LogP contribution in [0.4, 0.5) is 0 Å². The number of nitrogens with zero attached hydrogens (tertiary/aromatic N) is 1. The van der Waals surface area contributed by atoms with E-state index in [1.54, 1.807) is 7.05 Å². The van der Waals surface area contributed by atoms with Crippen LogP contribution in [-0.2, 0) is 16.1 Å². The van der Waals surface area contributed by atoms with Gasteiger partial charge in [-0.3, -0.25) is 4.79 Å². The average Bonchev–Trinajstić information content (AvgIpc) is 3.22. The zero-order valence-electron chi connectivity index (χ0n) is 18.8. The summed E-state index contributed by atoms with van der Waals surface area (Å²) in [6.45, 7) is 11.9. The number of aryl methyl sites for hydroxylation is 1. The van der Waals surface area contributed by atoms with Gasteiger partial charge in [-0.05, 0) is 45.7 Å². The molecule has 1 aliphatic rings. The Hall–Kier alpha value is -1.55. The average molecular weight is 532 g/mol. The molecule has 0 saturated carbocycles. The van der Waals surface area contributed by atoms with E-state index in [2.05, 4.69) is 41.1 Å². The number of ether oxygens (including phenoxy) is 2. The maximum Gasteiger partial charge on any atom is 0.227 e. The van der Waals surface area contributed by atoms with Crippen LogP contribution < -0.4 is 20.7 Å². The number of halogens is 1. The van der Waals surface area contributed by atoms with Gasteiger partial charge in [-0.2, -0.15) is 0 Å². The van der Waals surface area contributed by atoms with Gasteiger partial charge in [-0.25, -0.2) is 4.99 Å². The number of amides is 1. The quantitative estimate of drug-likeness (QED) is 0.259. The van der Waals surface area contributed by atoms with Crippen molar-refractivity contribution in [2.75, 3.05) is 40.0 Å². The molecule has 0 aromatic heterocycles. The molecule has 170 valence electrons. The lowest BCUT2D eigenvalue weighted by Crippen LogP contribution is -2.47. The predicted octanol–water partition coefficient (Wildman–Crippen LogP) is 2.86. The van der Waals surface area contributed by atoms with Crippen molar-refractivity contribution in [3.05, 3.63) is 29.3 Å². The van der Waals surface area contributed by atoms with Gasteiger partial charge in [0.15, 0.2) is 5.96 Å². The summed E-state index contributed by atoms with van der Waals surface area (Å²) in [6, 6.07) is 6.21. The minimum absolute atomic E-state index is 0. The summed E-state index contributed by atoms with van der Waals surface area (Å²) in [7, 11) is 1.65. The van der Waals surface area contributed by atoms with Gasteiger partial charge in [-0.15, -0.1) is 24.0 Å². The van der Waals surface area contributed by atoms with Gasteiger partial charge in [0, 0.05) is 38.2 Å². The second-order valence-corrected chi connectivity index (χ2v) is 8.16. The molecule has 0 aliphatic carbocycles. The van der Waals surface area contributed by atoms with Crippen LogP contribution in [0, 0.1) is 18.3 Å². The summed E-state index contributed by atoms with van der Waals surface area (Å²) in [5.74, 6) is 2.01. The van der Waals surface area contributed by atoms with Gasteiger partial charge in [0.05, 0.1) is 25.2 Å². The number of nitrogens with one attached hydrogen (secondary N) is 3. The van der Waals surface area contributed by atoms with E-state index in [0.29, 0.717) is 31.6 Å². The fraction of sp³-hybridized carbons (Fsp3) is 0.636. The third kappa shape index (κ3) is 8.29. The van der Waals surface area contributed by atoms with Crippen LogP contribution in [0.3, 0.4) is 0 Å². The Kier molecular flexibility index (Phi) is 11.5. The molecule has 2 rings (SSSR count). The summed E-state index contributed by atoms with van der Waals surface area (Å²) >= 11 is 0. The Morgan fingerprint density at radius 3 is 2.73 bits per heavy atom. The third-order valence-electron chi connectivity index (χ3n) is 5.01. The van der Waals surface area contributed by atoms with Crippen molar-refractivity contribution in [3.63, 3.8) is 0 Å². The number of aliphatic imine (C=N–C) groups is 1. The standard InChI is InChI=1S/C22H36N4O3.HI/c1-6-24-21(26-15-22(3,4)20(27)23-5)25-12-18-8-7-16(2)11-19(18)29-14-17-9-10-28-13-17;/h7-8,11,17H,6,9-10,12-15H2,1-5H3,(H,23,27)(H2,24,25,26);1H. The minimum atomic E-state index is -0.535. The fourth-order valence-electron chi connectivity index (χ4n) is 3.08. The third-order valence-corrected chi connectivity index (χ3v) is 5.01. The number of benzene rings is 1. The molecule has 3 N–H and O–H groups in total. The topological polar surface area (TPSA) is 84.0 Å². The van der Waals surface area contributed by atoms with Crippen molar-refractivity contribution in [3.8, 4) is 5.75 Å². The normalized spacial score (nSPS) is 16.6. The predicted molar refractivity (Wildman–Crippen MR) is 132 cm³/mol. The van der Waals surface area contributed by atoms with Crippen LogP contribution in [0.2, 0.25) is 0 Å². The number of carbonyl (C=O) groups is 1. The lowest BCUT2D eigenvalue weighted by molar-refractivity contribution is -0.128. The number of guanidine groups is 1. The molecular weight excluding hydrogens is 495 g/mol. The maximum atomic E-state index is 12.0. The molecule has 1 amide bonds. The minimum Gasteiger partial charge on any atom is -0.493 e. The molecule has 1 aromatic carbocycles. The molecule has 1 aromatic rings. The molecule has 1 saturated heterocycles. The molecule has 1 atom stereocenters. The van der Waals surface area contributed by atoms with Crippen molar-refractivity contribution in [2.24, 2.45) is 16.3 Å². The highest BCUT2D eigenvalue weighted by Crippen LogP contribution is 2.23. The molecule has 1 aliphatic heterocycles. The maximum absolute atomic E-state index is 12.0. The van der Waals surface area contributed by atoms with Crippen molar-refractivity contribution in [1.82, 2.24) is 16.0 Å². The van der Waals surface area contributed by atoms with Gasteiger partial charge in [0.2, 0.25) is 5.91 Å². The van der Waals surface area contributed by atoms with E-state index in [1.807, 2.05) is 20.8 Å². The molecule has 0 radical (unpaired) electrons. The van der Waals surface area contributed by atoms with Crippen LogP contribution in [0.5, 0.6) is 5.75 Å². The van der Waals surface area contributed by atoms with E-state index >= 15 is 0 Å². The molecular formula is C22H37IN4O3. The number of hydrogen-bond acceptors (Lipinski definition) is 4. The summed E-state index contributed by atoms with van der Waals surface area (Å²) in [5, 5.41) is 9.22. The highest BCUT2D eigenvalue weighted by molar-refractivity contribution is 14.0. The SMILES string of the molecule is CCNC(=NCc1ccc(C)cc1OCC1CCOC1)NCC(C)(C)C(=O)NC.I. The zero-order chi connectivity index (χ0) is 21.3. The first-order chi connectivity index (χ1) is 13.9. The van der Waals surface area contributed by atoms with E-state index in [-0.39, 0.29) is 29.9 Å². The number of carbonyl (C=O) groups excluding carboxylic acids is 1. The van der Waals surface area contributed by atoms with Crippen LogP contribution in [0.25, 0.3) is 0 Å². The van der Waals surface area contributed by atoms with E-state index in [9.17, 15) is 4.79 Å². The Morgan fingerprint density at radius 1 is 1.33 bits per heavy atom. The Morgan fingerprint density at radius 2 is 2.10 bits per heavy atom. The Labute approximate surface area is 197 Å².